The van der Waals surface area contributed by atoms with Crippen LogP contribution in [0.2, 0.25) is 5.15 Å². The zero-order chi connectivity index (χ0) is 12.4. The summed E-state index contributed by atoms with van der Waals surface area (Å²) in [6.45, 7) is 1.51. The summed E-state index contributed by atoms with van der Waals surface area (Å²) >= 11 is 5.81. The van der Waals surface area contributed by atoms with E-state index in [4.69, 9.17) is 21.4 Å². The summed E-state index contributed by atoms with van der Waals surface area (Å²) in [7, 11) is 1.67. The monoisotopic (exact) mass is 256 g/mol. The van der Waals surface area contributed by atoms with Crippen LogP contribution in [0.5, 0.6) is 0 Å². The second kappa shape index (κ2) is 4.89. The van der Waals surface area contributed by atoms with Crippen molar-refractivity contribution in [3.8, 4) is 0 Å². The van der Waals surface area contributed by atoms with Gasteiger partial charge in [-0.2, -0.15) is 0 Å². The van der Waals surface area contributed by atoms with E-state index < -0.39 is 5.97 Å². The average molecular weight is 257 g/mol. The minimum Gasteiger partial charge on any atom is -0.478 e. The number of carboxylic acids is 1. The Kier molecular flexibility index (Phi) is 3.49. The quantitative estimate of drug-likeness (QED) is 0.834. The number of anilines is 1. The number of ether oxygens (including phenoxy) is 1. The van der Waals surface area contributed by atoms with Gasteiger partial charge >= 0.3 is 5.97 Å². The van der Waals surface area contributed by atoms with Crippen LogP contribution >= 0.6 is 11.6 Å². The molecule has 1 aliphatic rings. The van der Waals surface area contributed by atoms with Crippen LogP contribution in [0.1, 0.15) is 16.8 Å². The number of aromatic carboxylic acids is 1. The maximum absolute atomic E-state index is 10.9. The maximum atomic E-state index is 10.9. The number of carbonyl (C=O) groups is 1. The molecule has 1 saturated heterocycles. The van der Waals surface area contributed by atoms with Crippen LogP contribution in [0.25, 0.3) is 0 Å². The summed E-state index contributed by atoms with van der Waals surface area (Å²) in [5.41, 5.74) is 0.154. The van der Waals surface area contributed by atoms with Crippen molar-refractivity contribution in [3.05, 3.63) is 22.8 Å². The van der Waals surface area contributed by atoms with Crippen molar-refractivity contribution in [2.75, 3.05) is 25.1 Å². The molecule has 1 aromatic rings. The van der Waals surface area contributed by atoms with Gasteiger partial charge in [-0.1, -0.05) is 11.6 Å². The molecule has 6 heteroatoms. The van der Waals surface area contributed by atoms with Crippen LogP contribution in [0.3, 0.4) is 0 Å². The second-order valence-electron chi connectivity index (χ2n) is 3.93. The Morgan fingerprint density at radius 1 is 1.65 bits per heavy atom. The summed E-state index contributed by atoms with van der Waals surface area (Å²) in [6.07, 6.45) is 1.08. The van der Waals surface area contributed by atoms with Crippen LogP contribution < -0.4 is 4.90 Å². The van der Waals surface area contributed by atoms with Gasteiger partial charge in [0.05, 0.1) is 11.7 Å². The summed E-state index contributed by atoms with van der Waals surface area (Å²) in [6, 6.07) is 2.88. The van der Waals surface area contributed by atoms with Crippen LogP contribution in [0.15, 0.2) is 12.1 Å². The van der Waals surface area contributed by atoms with Gasteiger partial charge in [-0.25, -0.2) is 9.78 Å². The molecule has 2 rings (SSSR count). The van der Waals surface area contributed by atoms with Crippen molar-refractivity contribution in [1.82, 2.24) is 4.98 Å². The molecule has 92 valence electrons. The molecule has 1 aromatic heterocycles. The third kappa shape index (κ3) is 2.68. The lowest BCUT2D eigenvalue weighted by molar-refractivity contribution is 0.0697. The van der Waals surface area contributed by atoms with Crippen molar-refractivity contribution in [2.45, 2.75) is 12.5 Å². The van der Waals surface area contributed by atoms with E-state index in [1.54, 1.807) is 7.11 Å². The zero-order valence-electron chi connectivity index (χ0n) is 9.39. The fraction of sp³-hybridized carbons (Fsp3) is 0.455. The average Bonchev–Trinajstić information content (AvgIpc) is 2.76. The number of aromatic nitrogens is 1. The molecule has 5 nitrogen and oxygen atoms in total. The van der Waals surface area contributed by atoms with Crippen molar-refractivity contribution in [1.29, 1.82) is 0 Å². The molecule has 0 saturated carbocycles. The van der Waals surface area contributed by atoms with Gasteiger partial charge in [0, 0.05) is 20.2 Å². The van der Waals surface area contributed by atoms with Gasteiger partial charge in [0.25, 0.3) is 0 Å². The third-order valence-electron chi connectivity index (χ3n) is 2.83. The predicted octanol–water partition coefficient (Wildman–Crippen LogP) is 1.66. The van der Waals surface area contributed by atoms with Crippen LogP contribution in [-0.2, 0) is 4.74 Å². The van der Waals surface area contributed by atoms with Crippen molar-refractivity contribution >= 4 is 23.4 Å². The van der Waals surface area contributed by atoms with Crippen LogP contribution in [-0.4, -0.2) is 42.4 Å². The second-order valence-corrected chi connectivity index (χ2v) is 4.32. The fourth-order valence-electron chi connectivity index (χ4n) is 1.90. The number of pyridine rings is 1. The molecule has 17 heavy (non-hydrogen) atoms. The predicted molar refractivity (Wildman–Crippen MR) is 63.8 cm³/mol. The number of methoxy groups -OCH3 is 1. The minimum atomic E-state index is -1.00. The van der Waals surface area contributed by atoms with E-state index in [-0.39, 0.29) is 16.8 Å². The highest BCUT2D eigenvalue weighted by Crippen LogP contribution is 2.23. The summed E-state index contributed by atoms with van der Waals surface area (Å²) < 4.78 is 5.25. The van der Waals surface area contributed by atoms with Gasteiger partial charge in [0.15, 0.2) is 0 Å². The molecule has 1 fully saturated rings. The number of rotatable bonds is 3. The van der Waals surface area contributed by atoms with Crippen molar-refractivity contribution < 1.29 is 14.6 Å². The molecule has 1 N–H and O–H groups in total. The smallest absolute Gasteiger partial charge is 0.335 e. The highest BCUT2D eigenvalue weighted by atomic mass is 35.5. The van der Waals surface area contributed by atoms with Gasteiger partial charge in [-0.15, -0.1) is 0 Å². The summed E-state index contributed by atoms with van der Waals surface area (Å²) in [5.74, 6) is -0.410. The standard InChI is InChI=1S/C11H13ClN2O3/c1-17-8-2-3-14(6-8)10-5-7(11(15)16)4-9(12)13-10/h4-5,8H,2-3,6H2,1H3,(H,15,16). The molecule has 1 atom stereocenters. The Bertz CT molecular complexity index is 439. The van der Waals surface area contributed by atoms with Gasteiger partial charge in [0.2, 0.25) is 0 Å². The van der Waals surface area contributed by atoms with Crippen molar-refractivity contribution in [2.24, 2.45) is 0 Å². The van der Waals surface area contributed by atoms with E-state index in [1.165, 1.54) is 12.1 Å². The van der Waals surface area contributed by atoms with Gasteiger partial charge < -0.3 is 14.7 Å². The number of carboxylic acid groups (broad SMARTS) is 1. The SMILES string of the molecule is COC1CCN(c2cc(C(=O)O)cc(Cl)n2)C1. The largest absolute Gasteiger partial charge is 0.478 e. The Morgan fingerprint density at radius 3 is 3.00 bits per heavy atom. The lowest BCUT2D eigenvalue weighted by atomic mass is 10.2. The van der Waals surface area contributed by atoms with E-state index in [0.29, 0.717) is 12.4 Å². The lowest BCUT2D eigenvalue weighted by Crippen LogP contribution is -2.23. The van der Waals surface area contributed by atoms with E-state index in [0.717, 1.165) is 13.0 Å². The molecule has 0 aromatic carbocycles. The molecule has 0 amide bonds. The summed E-state index contributed by atoms with van der Waals surface area (Å²) in [4.78, 5) is 17.0. The van der Waals surface area contributed by atoms with E-state index in [2.05, 4.69) is 4.98 Å². The van der Waals surface area contributed by atoms with Crippen LogP contribution in [0.4, 0.5) is 5.82 Å². The Hall–Kier alpha value is -1.33. The van der Waals surface area contributed by atoms with Gasteiger partial charge in [0.1, 0.15) is 11.0 Å². The Balaban J connectivity index is 2.24. The number of nitrogens with zero attached hydrogens (tertiary/aromatic N) is 2. The topological polar surface area (TPSA) is 62.7 Å². The highest BCUT2D eigenvalue weighted by molar-refractivity contribution is 6.29. The first-order valence-electron chi connectivity index (χ1n) is 5.29. The first kappa shape index (κ1) is 12.1. The normalized spacial score (nSPS) is 19.6. The van der Waals surface area contributed by atoms with Gasteiger partial charge in [-0.3, -0.25) is 0 Å². The third-order valence-corrected chi connectivity index (χ3v) is 3.02. The Labute approximate surface area is 104 Å². The molecule has 0 bridgehead atoms. The van der Waals surface area contributed by atoms with E-state index >= 15 is 0 Å². The molecule has 1 aliphatic heterocycles. The molecule has 1 unspecified atom stereocenters. The fourth-order valence-corrected chi connectivity index (χ4v) is 2.10. The van der Waals surface area contributed by atoms with Gasteiger partial charge in [-0.05, 0) is 18.6 Å². The van der Waals surface area contributed by atoms with E-state index in [9.17, 15) is 4.79 Å². The zero-order valence-corrected chi connectivity index (χ0v) is 10.1. The summed E-state index contributed by atoms with van der Waals surface area (Å²) in [5, 5.41) is 9.14. The molecular formula is C11H13ClN2O3. The van der Waals surface area contributed by atoms with Crippen molar-refractivity contribution in [3.63, 3.8) is 0 Å². The molecule has 0 spiro atoms. The maximum Gasteiger partial charge on any atom is 0.335 e. The lowest BCUT2D eigenvalue weighted by Gasteiger charge is -2.17. The molecule has 2 heterocycles. The molecule has 0 radical (unpaired) electrons. The minimum absolute atomic E-state index is 0.154. The number of hydrogen-bond acceptors (Lipinski definition) is 4. The van der Waals surface area contributed by atoms with E-state index in [1.807, 2.05) is 4.90 Å². The molecular weight excluding hydrogens is 244 g/mol. The highest BCUT2D eigenvalue weighted by Gasteiger charge is 2.24. The first-order chi connectivity index (χ1) is 8.10. The number of halogens is 1. The first-order valence-corrected chi connectivity index (χ1v) is 5.66. The Morgan fingerprint density at radius 2 is 2.41 bits per heavy atom. The van der Waals surface area contributed by atoms with Crippen LogP contribution in [0, 0.1) is 0 Å². The molecule has 0 aliphatic carbocycles. The number of hydrogen-bond donors (Lipinski definition) is 1.